The summed E-state index contributed by atoms with van der Waals surface area (Å²) in [5.74, 6) is 0.0474. The van der Waals surface area contributed by atoms with E-state index < -0.39 is 0 Å². The molecule has 0 saturated heterocycles. The van der Waals surface area contributed by atoms with E-state index in [1.807, 2.05) is 31.3 Å². The van der Waals surface area contributed by atoms with E-state index >= 15 is 0 Å². The summed E-state index contributed by atoms with van der Waals surface area (Å²) in [5.41, 5.74) is 8.60. The van der Waals surface area contributed by atoms with Crippen molar-refractivity contribution >= 4 is 22.9 Å². The highest BCUT2D eigenvalue weighted by Gasteiger charge is 1.96. The first kappa shape index (κ1) is 12.8. The lowest BCUT2D eigenvalue weighted by atomic mass is 10.2. The largest absolute Gasteiger partial charge is 0.388 e. The SMILES string of the molecule is CNc1ccc(N=Nc2ccc(C(=N)N)cc2)cc1. The van der Waals surface area contributed by atoms with Gasteiger partial charge in [-0.25, -0.2) is 0 Å². The third-order valence-electron chi connectivity index (χ3n) is 2.62. The molecule has 0 aromatic heterocycles. The molecule has 2 aromatic rings. The maximum Gasteiger partial charge on any atom is 0.122 e. The number of nitrogens with zero attached hydrogens (tertiary/aromatic N) is 2. The zero-order chi connectivity index (χ0) is 13.7. The van der Waals surface area contributed by atoms with Crippen LogP contribution in [0.5, 0.6) is 0 Å². The first-order valence-electron chi connectivity index (χ1n) is 5.83. The van der Waals surface area contributed by atoms with Crippen molar-refractivity contribution < 1.29 is 0 Å². The van der Waals surface area contributed by atoms with Crippen LogP contribution in [0.2, 0.25) is 0 Å². The predicted octanol–water partition coefficient (Wildman–Crippen LogP) is 3.43. The number of nitrogen functional groups attached to an aromatic ring is 1. The molecule has 5 nitrogen and oxygen atoms in total. The van der Waals surface area contributed by atoms with Crippen LogP contribution in [-0.4, -0.2) is 12.9 Å². The summed E-state index contributed by atoms with van der Waals surface area (Å²) in [4.78, 5) is 0. The lowest BCUT2D eigenvalue weighted by molar-refractivity contribution is 1.23. The monoisotopic (exact) mass is 253 g/mol. The van der Waals surface area contributed by atoms with E-state index in [4.69, 9.17) is 11.1 Å². The summed E-state index contributed by atoms with van der Waals surface area (Å²) in [6, 6.07) is 14.7. The van der Waals surface area contributed by atoms with Crippen molar-refractivity contribution in [1.82, 2.24) is 0 Å². The minimum absolute atomic E-state index is 0.0474. The molecule has 0 fully saturated rings. The molecule has 0 aliphatic heterocycles. The summed E-state index contributed by atoms with van der Waals surface area (Å²) >= 11 is 0. The van der Waals surface area contributed by atoms with Crippen molar-refractivity contribution in [3.63, 3.8) is 0 Å². The van der Waals surface area contributed by atoms with Gasteiger partial charge in [0.15, 0.2) is 0 Å². The number of rotatable bonds is 4. The Hall–Kier alpha value is -2.69. The van der Waals surface area contributed by atoms with E-state index in [2.05, 4.69) is 15.5 Å². The number of benzene rings is 2. The van der Waals surface area contributed by atoms with Gasteiger partial charge in [0, 0.05) is 18.3 Å². The molecule has 0 radical (unpaired) electrons. The lowest BCUT2D eigenvalue weighted by Crippen LogP contribution is -2.10. The molecular formula is C14H15N5. The molecule has 4 N–H and O–H groups in total. The Morgan fingerprint density at radius 2 is 1.42 bits per heavy atom. The van der Waals surface area contributed by atoms with Gasteiger partial charge in [-0.15, -0.1) is 0 Å². The summed E-state index contributed by atoms with van der Waals surface area (Å²) in [7, 11) is 1.87. The molecule has 0 spiro atoms. The second kappa shape index (κ2) is 5.77. The normalized spacial score (nSPS) is 10.6. The van der Waals surface area contributed by atoms with Gasteiger partial charge in [-0.1, -0.05) is 0 Å². The average molecular weight is 253 g/mol. The molecule has 2 rings (SSSR count). The Bertz CT molecular complexity index is 584. The van der Waals surface area contributed by atoms with Crippen molar-refractivity contribution in [2.75, 3.05) is 12.4 Å². The number of azo groups is 1. The van der Waals surface area contributed by atoms with Crippen LogP contribution in [0.1, 0.15) is 5.56 Å². The van der Waals surface area contributed by atoms with Crippen molar-refractivity contribution in [3.8, 4) is 0 Å². The van der Waals surface area contributed by atoms with Crippen LogP contribution in [0.3, 0.4) is 0 Å². The Kier molecular flexibility index (Phi) is 3.87. The van der Waals surface area contributed by atoms with Crippen LogP contribution in [0.4, 0.5) is 17.1 Å². The predicted molar refractivity (Wildman–Crippen MR) is 77.6 cm³/mol. The van der Waals surface area contributed by atoms with Gasteiger partial charge in [0.2, 0.25) is 0 Å². The average Bonchev–Trinajstić information content (AvgIpc) is 2.46. The number of nitrogens with two attached hydrogens (primary N) is 1. The molecule has 5 heteroatoms. The first-order chi connectivity index (χ1) is 9.19. The number of anilines is 1. The van der Waals surface area contributed by atoms with Gasteiger partial charge in [-0.2, -0.15) is 10.2 Å². The Morgan fingerprint density at radius 3 is 1.84 bits per heavy atom. The van der Waals surface area contributed by atoms with Crippen LogP contribution < -0.4 is 11.1 Å². The van der Waals surface area contributed by atoms with Gasteiger partial charge in [-0.05, 0) is 48.5 Å². The molecule has 96 valence electrons. The second-order valence-electron chi connectivity index (χ2n) is 3.96. The fourth-order valence-corrected chi connectivity index (χ4v) is 1.52. The van der Waals surface area contributed by atoms with Crippen molar-refractivity contribution in [2.45, 2.75) is 0 Å². The van der Waals surface area contributed by atoms with Gasteiger partial charge in [0.25, 0.3) is 0 Å². The summed E-state index contributed by atoms with van der Waals surface area (Å²) in [6.07, 6.45) is 0. The second-order valence-corrected chi connectivity index (χ2v) is 3.96. The highest BCUT2D eigenvalue weighted by molar-refractivity contribution is 5.95. The zero-order valence-corrected chi connectivity index (χ0v) is 10.6. The van der Waals surface area contributed by atoms with Gasteiger partial charge in [0.05, 0.1) is 11.4 Å². The highest BCUT2D eigenvalue weighted by Crippen LogP contribution is 2.20. The molecule has 0 aliphatic rings. The van der Waals surface area contributed by atoms with Gasteiger partial charge in [-0.3, -0.25) is 5.41 Å². The van der Waals surface area contributed by atoms with E-state index in [1.165, 1.54) is 0 Å². The van der Waals surface area contributed by atoms with Crippen molar-refractivity contribution in [3.05, 3.63) is 54.1 Å². The molecule has 19 heavy (non-hydrogen) atoms. The molecule has 0 aliphatic carbocycles. The van der Waals surface area contributed by atoms with Crippen LogP contribution in [0, 0.1) is 5.41 Å². The molecule has 0 saturated carbocycles. The van der Waals surface area contributed by atoms with E-state index in [1.54, 1.807) is 24.3 Å². The van der Waals surface area contributed by atoms with E-state index in [0.29, 0.717) is 5.56 Å². The highest BCUT2D eigenvalue weighted by atomic mass is 15.1. The molecule has 2 aromatic carbocycles. The van der Waals surface area contributed by atoms with E-state index in [-0.39, 0.29) is 5.84 Å². The molecule has 0 amide bonds. The van der Waals surface area contributed by atoms with Crippen LogP contribution >= 0.6 is 0 Å². The maximum atomic E-state index is 7.30. The topological polar surface area (TPSA) is 86.6 Å². The maximum absolute atomic E-state index is 7.30. The Labute approximate surface area is 111 Å². The Balaban J connectivity index is 2.10. The molecule has 0 unspecified atom stereocenters. The number of hydrogen-bond acceptors (Lipinski definition) is 4. The zero-order valence-electron chi connectivity index (χ0n) is 10.6. The minimum atomic E-state index is 0.0474. The Morgan fingerprint density at radius 1 is 0.947 bits per heavy atom. The van der Waals surface area contributed by atoms with Crippen LogP contribution in [0.15, 0.2) is 58.8 Å². The van der Waals surface area contributed by atoms with Gasteiger partial charge in [0.1, 0.15) is 5.84 Å². The van der Waals surface area contributed by atoms with Crippen molar-refractivity contribution in [2.24, 2.45) is 16.0 Å². The summed E-state index contributed by atoms with van der Waals surface area (Å²) < 4.78 is 0. The number of nitrogens with one attached hydrogen (secondary N) is 2. The molecule has 0 heterocycles. The smallest absolute Gasteiger partial charge is 0.122 e. The molecule has 0 bridgehead atoms. The van der Waals surface area contributed by atoms with Crippen molar-refractivity contribution in [1.29, 1.82) is 5.41 Å². The molecular weight excluding hydrogens is 238 g/mol. The van der Waals surface area contributed by atoms with E-state index in [0.717, 1.165) is 17.1 Å². The third kappa shape index (κ3) is 3.38. The molecule has 0 atom stereocenters. The standard InChI is InChI=1S/C14H15N5/c1-17-11-6-8-13(9-7-11)19-18-12-4-2-10(3-5-12)14(15)16/h2-9,17H,1H3,(H3,15,16). The van der Waals surface area contributed by atoms with Crippen LogP contribution in [-0.2, 0) is 0 Å². The lowest BCUT2D eigenvalue weighted by Gasteiger charge is -1.99. The summed E-state index contributed by atoms with van der Waals surface area (Å²) in [6.45, 7) is 0. The fraction of sp³-hybridized carbons (Fsp3) is 0.0714. The van der Waals surface area contributed by atoms with Gasteiger partial charge < -0.3 is 11.1 Å². The number of hydrogen-bond donors (Lipinski definition) is 3. The summed E-state index contributed by atoms with van der Waals surface area (Å²) in [5, 5.41) is 18.6. The van der Waals surface area contributed by atoms with Crippen LogP contribution in [0.25, 0.3) is 0 Å². The quantitative estimate of drug-likeness (QED) is 0.443. The number of amidine groups is 1. The fourth-order valence-electron chi connectivity index (χ4n) is 1.52. The van der Waals surface area contributed by atoms with E-state index in [9.17, 15) is 0 Å². The third-order valence-corrected chi connectivity index (χ3v) is 2.62. The first-order valence-corrected chi connectivity index (χ1v) is 5.83. The van der Waals surface area contributed by atoms with Gasteiger partial charge >= 0.3 is 0 Å². The minimum Gasteiger partial charge on any atom is -0.388 e.